The Bertz CT molecular complexity index is 727. The molecule has 6 nitrogen and oxygen atoms in total. The Morgan fingerprint density at radius 2 is 2.00 bits per heavy atom. The van der Waals surface area contributed by atoms with Crippen LogP contribution in [-0.4, -0.2) is 30.9 Å². The number of rotatable bonds is 8. The standard InChI is InChI=1S/C19H23N3O3/c1-14-5-8-16(9-6-14)20-11-3-4-19(24)22-21-13-15-7-10-17(23)18(12-15)25-2/h5-10,12-13,20,23H,3-4,11H2,1-2H3,(H,22,24). The summed E-state index contributed by atoms with van der Waals surface area (Å²) in [6.45, 7) is 2.76. The van der Waals surface area contributed by atoms with Crippen molar-refractivity contribution < 1.29 is 14.6 Å². The van der Waals surface area contributed by atoms with Crippen molar-refractivity contribution in [2.24, 2.45) is 5.10 Å². The molecule has 0 fully saturated rings. The average molecular weight is 341 g/mol. The van der Waals surface area contributed by atoms with Crippen molar-refractivity contribution in [1.29, 1.82) is 0 Å². The molecule has 0 aliphatic rings. The van der Waals surface area contributed by atoms with Gasteiger partial charge in [-0.05, 0) is 49.2 Å². The summed E-state index contributed by atoms with van der Waals surface area (Å²) >= 11 is 0. The van der Waals surface area contributed by atoms with E-state index in [4.69, 9.17) is 4.74 Å². The van der Waals surface area contributed by atoms with Gasteiger partial charge in [-0.3, -0.25) is 4.79 Å². The number of methoxy groups -OCH3 is 1. The summed E-state index contributed by atoms with van der Waals surface area (Å²) in [5.41, 5.74) is 5.47. The van der Waals surface area contributed by atoms with E-state index in [1.807, 2.05) is 31.2 Å². The third kappa shape index (κ3) is 6.18. The number of phenolic OH excluding ortho intramolecular Hbond substituents is 1. The summed E-state index contributed by atoms with van der Waals surface area (Å²) in [7, 11) is 1.47. The number of carbonyl (C=O) groups is 1. The number of aromatic hydroxyl groups is 1. The molecule has 0 radical (unpaired) electrons. The molecule has 2 aromatic rings. The van der Waals surface area contributed by atoms with Crippen molar-refractivity contribution in [3.63, 3.8) is 0 Å². The zero-order chi connectivity index (χ0) is 18.1. The Kier molecular flexibility index (Phi) is 6.83. The van der Waals surface area contributed by atoms with E-state index >= 15 is 0 Å². The normalized spacial score (nSPS) is 10.6. The highest BCUT2D eigenvalue weighted by Gasteiger charge is 2.02. The lowest BCUT2D eigenvalue weighted by atomic mass is 10.2. The van der Waals surface area contributed by atoms with E-state index in [-0.39, 0.29) is 11.7 Å². The lowest BCUT2D eigenvalue weighted by molar-refractivity contribution is -0.121. The number of nitrogens with zero attached hydrogens (tertiary/aromatic N) is 1. The number of benzene rings is 2. The first-order valence-electron chi connectivity index (χ1n) is 8.08. The second-order valence-electron chi connectivity index (χ2n) is 5.62. The number of hydrazone groups is 1. The van der Waals surface area contributed by atoms with Crippen LogP contribution in [0.5, 0.6) is 11.5 Å². The number of anilines is 1. The molecule has 3 N–H and O–H groups in total. The van der Waals surface area contributed by atoms with Gasteiger partial charge in [0.25, 0.3) is 0 Å². The zero-order valence-electron chi connectivity index (χ0n) is 14.5. The summed E-state index contributed by atoms with van der Waals surface area (Å²) in [4.78, 5) is 11.7. The highest BCUT2D eigenvalue weighted by Crippen LogP contribution is 2.25. The van der Waals surface area contributed by atoms with E-state index in [0.29, 0.717) is 18.6 Å². The van der Waals surface area contributed by atoms with Crippen LogP contribution in [0, 0.1) is 6.92 Å². The van der Waals surface area contributed by atoms with Crippen molar-refractivity contribution in [1.82, 2.24) is 5.43 Å². The van der Waals surface area contributed by atoms with E-state index in [9.17, 15) is 9.90 Å². The van der Waals surface area contributed by atoms with Gasteiger partial charge in [-0.2, -0.15) is 5.10 Å². The van der Waals surface area contributed by atoms with Gasteiger partial charge in [0.05, 0.1) is 13.3 Å². The first-order valence-corrected chi connectivity index (χ1v) is 8.08. The molecule has 132 valence electrons. The lowest BCUT2D eigenvalue weighted by Gasteiger charge is -2.06. The topological polar surface area (TPSA) is 83.0 Å². The molecule has 0 heterocycles. The van der Waals surface area contributed by atoms with Gasteiger partial charge in [0, 0.05) is 18.7 Å². The fraction of sp³-hybridized carbons (Fsp3) is 0.263. The number of phenols is 1. The predicted molar refractivity (Wildman–Crippen MR) is 99.3 cm³/mol. The fourth-order valence-corrected chi connectivity index (χ4v) is 2.16. The van der Waals surface area contributed by atoms with Gasteiger partial charge in [0.1, 0.15) is 0 Å². The van der Waals surface area contributed by atoms with Crippen LogP contribution < -0.4 is 15.5 Å². The maximum atomic E-state index is 11.7. The van der Waals surface area contributed by atoms with Crippen LogP contribution in [0.15, 0.2) is 47.6 Å². The van der Waals surface area contributed by atoms with Crippen LogP contribution in [0.25, 0.3) is 0 Å². The zero-order valence-corrected chi connectivity index (χ0v) is 14.5. The van der Waals surface area contributed by atoms with Gasteiger partial charge < -0.3 is 15.2 Å². The van der Waals surface area contributed by atoms with Gasteiger partial charge in [0.2, 0.25) is 5.91 Å². The molecule has 1 amide bonds. The maximum absolute atomic E-state index is 11.7. The van der Waals surface area contributed by atoms with Crippen LogP contribution in [0.4, 0.5) is 5.69 Å². The maximum Gasteiger partial charge on any atom is 0.240 e. The van der Waals surface area contributed by atoms with Crippen molar-refractivity contribution >= 4 is 17.8 Å². The van der Waals surface area contributed by atoms with Gasteiger partial charge in [-0.15, -0.1) is 0 Å². The number of aryl methyl sites for hydroxylation is 1. The molecule has 0 aliphatic heterocycles. The highest BCUT2D eigenvalue weighted by molar-refractivity contribution is 5.83. The fourth-order valence-electron chi connectivity index (χ4n) is 2.16. The molecule has 0 bridgehead atoms. The summed E-state index contributed by atoms with van der Waals surface area (Å²) in [5.74, 6) is 0.273. The van der Waals surface area contributed by atoms with Crippen LogP contribution in [0.3, 0.4) is 0 Å². The van der Waals surface area contributed by atoms with E-state index in [0.717, 1.165) is 17.8 Å². The van der Waals surface area contributed by atoms with E-state index in [1.54, 1.807) is 12.1 Å². The predicted octanol–water partition coefficient (Wildman–Crippen LogP) is 3.05. The van der Waals surface area contributed by atoms with Crippen molar-refractivity contribution in [3.8, 4) is 11.5 Å². The van der Waals surface area contributed by atoms with E-state index < -0.39 is 0 Å². The molecule has 0 unspecified atom stereocenters. The molecule has 0 spiro atoms. The largest absolute Gasteiger partial charge is 0.504 e. The molecule has 2 rings (SSSR count). The molecular formula is C19H23N3O3. The Morgan fingerprint density at radius 1 is 1.24 bits per heavy atom. The van der Waals surface area contributed by atoms with Crippen molar-refractivity contribution in [3.05, 3.63) is 53.6 Å². The number of hydrogen-bond acceptors (Lipinski definition) is 5. The average Bonchev–Trinajstić information content (AvgIpc) is 2.61. The first-order chi connectivity index (χ1) is 12.1. The summed E-state index contributed by atoms with van der Waals surface area (Å²) in [5, 5.41) is 16.7. The second-order valence-corrected chi connectivity index (χ2v) is 5.62. The highest BCUT2D eigenvalue weighted by atomic mass is 16.5. The van der Waals surface area contributed by atoms with Gasteiger partial charge >= 0.3 is 0 Å². The number of amides is 1. The number of carbonyl (C=O) groups excluding carboxylic acids is 1. The molecule has 6 heteroatoms. The van der Waals surface area contributed by atoms with Crippen LogP contribution in [0.2, 0.25) is 0 Å². The third-order valence-electron chi connectivity index (χ3n) is 3.57. The summed E-state index contributed by atoms with van der Waals surface area (Å²) < 4.78 is 5.02. The van der Waals surface area contributed by atoms with Gasteiger partial charge in [0.15, 0.2) is 11.5 Å². The van der Waals surface area contributed by atoms with Crippen molar-refractivity contribution in [2.75, 3.05) is 19.0 Å². The minimum atomic E-state index is -0.146. The molecule has 2 aromatic carbocycles. The van der Waals surface area contributed by atoms with Gasteiger partial charge in [-0.1, -0.05) is 17.7 Å². The number of ether oxygens (including phenoxy) is 1. The van der Waals surface area contributed by atoms with Crippen LogP contribution >= 0.6 is 0 Å². The van der Waals surface area contributed by atoms with E-state index in [2.05, 4.69) is 15.8 Å². The van der Waals surface area contributed by atoms with E-state index in [1.165, 1.54) is 25.0 Å². The molecule has 0 aliphatic carbocycles. The van der Waals surface area contributed by atoms with Crippen LogP contribution in [0.1, 0.15) is 24.0 Å². The molecule has 0 saturated carbocycles. The molecular weight excluding hydrogens is 318 g/mol. The quantitative estimate of drug-likeness (QED) is 0.391. The lowest BCUT2D eigenvalue weighted by Crippen LogP contribution is -2.18. The molecule has 0 atom stereocenters. The third-order valence-corrected chi connectivity index (χ3v) is 3.57. The van der Waals surface area contributed by atoms with Gasteiger partial charge in [-0.25, -0.2) is 5.43 Å². The Balaban J connectivity index is 1.69. The molecule has 0 aromatic heterocycles. The number of hydrogen-bond donors (Lipinski definition) is 3. The molecule has 25 heavy (non-hydrogen) atoms. The number of nitrogens with one attached hydrogen (secondary N) is 2. The monoisotopic (exact) mass is 341 g/mol. The Morgan fingerprint density at radius 3 is 2.72 bits per heavy atom. The second kappa shape index (κ2) is 9.32. The smallest absolute Gasteiger partial charge is 0.240 e. The minimum Gasteiger partial charge on any atom is -0.504 e. The molecule has 0 saturated heterocycles. The summed E-state index contributed by atoms with van der Waals surface area (Å²) in [6, 6.07) is 13.0. The summed E-state index contributed by atoms with van der Waals surface area (Å²) in [6.07, 6.45) is 2.60. The van der Waals surface area contributed by atoms with Crippen LogP contribution in [-0.2, 0) is 4.79 Å². The van der Waals surface area contributed by atoms with Crippen molar-refractivity contribution in [2.45, 2.75) is 19.8 Å². The first kappa shape index (κ1) is 18.3. The Hall–Kier alpha value is -3.02. The minimum absolute atomic E-state index is 0.0600. The SMILES string of the molecule is COc1cc(C=NNC(=O)CCCNc2ccc(C)cc2)ccc1O. The Labute approximate surface area is 147 Å².